The van der Waals surface area contributed by atoms with E-state index in [1.54, 1.807) is 30.3 Å². The number of carboxylic acid groups (broad SMARTS) is 1. The van der Waals surface area contributed by atoms with E-state index in [0.717, 1.165) is 22.0 Å². The van der Waals surface area contributed by atoms with Crippen molar-refractivity contribution in [2.24, 2.45) is 0 Å². The fourth-order valence-corrected chi connectivity index (χ4v) is 4.18. The van der Waals surface area contributed by atoms with Gasteiger partial charge in [0.1, 0.15) is 12.2 Å². The minimum absolute atomic E-state index is 0.0234. The van der Waals surface area contributed by atoms with Gasteiger partial charge < -0.3 is 15.4 Å². The summed E-state index contributed by atoms with van der Waals surface area (Å²) in [5.74, 6) is -1.51. The topological polar surface area (TPSA) is 128 Å². The van der Waals surface area contributed by atoms with E-state index in [2.05, 4.69) is 10.3 Å². The lowest BCUT2D eigenvalue weighted by molar-refractivity contribution is -0.135. The van der Waals surface area contributed by atoms with Gasteiger partial charge in [-0.3, -0.25) is 9.59 Å². The Balaban J connectivity index is 1.45. The van der Waals surface area contributed by atoms with Crippen LogP contribution in [-0.2, 0) is 14.8 Å². The van der Waals surface area contributed by atoms with Crippen molar-refractivity contribution in [2.45, 2.75) is 4.90 Å². The van der Waals surface area contributed by atoms with E-state index in [-0.39, 0.29) is 10.8 Å². The number of aromatic nitrogens is 1. The molecule has 0 fully saturated rings. The monoisotopic (exact) mass is 449 g/mol. The molecule has 9 heteroatoms. The summed E-state index contributed by atoms with van der Waals surface area (Å²) in [6.45, 7) is -0.685. The number of aliphatic carboxylic acids is 1. The summed E-state index contributed by atoms with van der Waals surface area (Å²) in [4.78, 5) is 26.2. The molecule has 3 aromatic carbocycles. The standard InChI is InChI=1S/C23H19N3O5S/c27-22(28)14-24-32(30,31)19-11-7-16(8-12-19)15-5-9-18(10-6-15)25-23(29)21-13-17-3-1-2-4-20(17)26-21/h1-13,24,26H,14H2,(H,25,29)(H,27,28). The highest BCUT2D eigenvalue weighted by molar-refractivity contribution is 7.89. The van der Waals surface area contributed by atoms with Crippen LogP contribution in [0, 0.1) is 0 Å². The van der Waals surface area contributed by atoms with E-state index >= 15 is 0 Å². The van der Waals surface area contributed by atoms with Crippen molar-refractivity contribution in [1.29, 1.82) is 0 Å². The number of aromatic amines is 1. The average Bonchev–Trinajstić information content (AvgIpc) is 3.23. The first-order valence-corrected chi connectivity index (χ1v) is 11.1. The maximum Gasteiger partial charge on any atom is 0.318 e. The van der Waals surface area contributed by atoms with Gasteiger partial charge in [-0.2, -0.15) is 4.72 Å². The number of fused-ring (bicyclic) bond motifs is 1. The van der Waals surface area contributed by atoms with Gasteiger partial charge in [-0.25, -0.2) is 8.42 Å². The zero-order chi connectivity index (χ0) is 22.7. The Bertz CT molecular complexity index is 1360. The number of carbonyl (C=O) groups is 2. The molecule has 0 aliphatic carbocycles. The number of para-hydroxylation sites is 1. The van der Waals surface area contributed by atoms with Crippen LogP contribution >= 0.6 is 0 Å². The highest BCUT2D eigenvalue weighted by atomic mass is 32.2. The summed E-state index contributed by atoms with van der Waals surface area (Å²) in [6, 6.07) is 22.6. The Morgan fingerprint density at radius 3 is 2.12 bits per heavy atom. The number of sulfonamides is 1. The van der Waals surface area contributed by atoms with Gasteiger partial charge in [0.25, 0.3) is 5.91 Å². The van der Waals surface area contributed by atoms with Gasteiger partial charge in [0.2, 0.25) is 10.0 Å². The van der Waals surface area contributed by atoms with Crippen LogP contribution in [0.15, 0.2) is 83.8 Å². The minimum Gasteiger partial charge on any atom is -0.480 e. The summed E-state index contributed by atoms with van der Waals surface area (Å²) in [5.41, 5.74) is 3.57. The first-order chi connectivity index (χ1) is 15.3. The number of nitrogens with one attached hydrogen (secondary N) is 3. The zero-order valence-corrected chi connectivity index (χ0v) is 17.5. The van der Waals surface area contributed by atoms with E-state index in [4.69, 9.17) is 5.11 Å². The summed E-state index contributed by atoms with van der Waals surface area (Å²) in [7, 11) is -3.89. The fraction of sp³-hybridized carbons (Fsp3) is 0.0435. The van der Waals surface area contributed by atoms with E-state index in [9.17, 15) is 18.0 Å². The van der Waals surface area contributed by atoms with Gasteiger partial charge in [-0.05, 0) is 47.5 Å². The summed E-state index contributed by atoms with van der Waals surface area (Å²) in [6.07, 6.45) is 0. The quantitative estimate of drug-likeness (QED) is 0.344. The number of carbonyl (C=O) groups excluding carboxylic acids is 1. The second-order valence-corrected chi connectivity index (χ2v) is 8.81. The third-order valence-electron chi connectivity index (χ3n) is 4.83. The molecule has 0 saturated heterocycles. The number of anilines is 1. The molecule has 0 unspecified atom stereocenters. The Hall–Kier alpha value is -3.95. The Kier molecular flexibility index (Phi) is 5.76. The highest BCUT2D eigenvalue weighted by Crippen LogP contribution is 2.24. The predicted molar refractivity (Wildman–Crippen MR) is 121 cm³/mol. The van der Waals surface area contributed by atoms with Crippen molar-refractivity contribution in [3.05, 3.63) is 84.6 Å². The van der Waals surface area contributed by atoms with Crippen LogP contribution in [0.25, 0.3) is 22.0 Å². The lowest BCUT2D eigenvalue weighted by Crippen LogP contribution is -2.29. The van der Waals surface area contributed by atoms with E-state index < -0.39 is 22.5 Å². The number of amides is 1. The van der Waals surface area contributed by atoms with Gasteiger partial charge in [0.15, 0.2) is 0 Å². The Labute approximate surface area is 184 Å². The molecule has 32 heavy (non-hydrogen) atoms. The van der Waals surface area contributed by atoms with Crippen molar-refractivity contribution >= 4 is 38.5 Å². The predicted octanol–water partition coefficient (Wildman–Crippen LogP) is 3.45. The lowest BCUT2D eigenvalue weighted by atomic mass is 10.1. The Morgan fingerprint density at radius 1 is 0.875 bits per heavy atom. The molecule has 4 N–H and O–H groups in total. The smallest absolute Gasteiger partial charge is 0.318 e. The minimum atomic E-state index is -3.89. The molecule has 0 aliphatic rings. The SMILES string of the molecule is O=C(O)CNS(=O)(=O)c1ccc(-c2ccc(NC(=O)c3cc4ccccc4[nH]3)cc2)cc1. The molecule has 0 spiro atoms. The van der Waals surface area contributed by atoms with Gasteiger partial charge in [-0.1, -0.05) is 42.5 Å². The summed E-state index contributed by atoms with van der Waals surface area (Å²) >= 11 is 0. The molecular formula is C23H19N3O5S. The number of benzene rings is 3. The van der Waals surface area contributed by atoms with Crippen LogP contribution in [-0.4, -0.2) is 36.9 Å². The molecule has 0 radical (unpaired) electrons. The molecule has 4 rings (SSSR count). The molecule has 0 bridgehead atoms. The van der Waals surface area contributed by atoms with Crippen molar-refractivity contribution in [1.82, 2.24) is 9.71 Å². The normalized spacial score (nSPS) is 11.4. The second-order valence-electron chi connectivity index (χ2n) is 7.04. The van der Waals surface area contributed by atoms with Crippen molar-refractivity contribution in [2.75, 3.05) is 11.9 Å². The van der Waals surface area contributed by atoms with Crippen LogP contribution in [0.1, 0.15) is 10.5 Å². The van der Waals surface area contributed by atoms with E-state index in [1.165, 1.54) is 12.1 Å². The second kappa shape index (κ2) is 8.66. The molecule has 162 valence electrons. The number of hydrogen-bond donors (Lipinski definition) is 4. The largest absolute Gasteiger partial charge is 0.480 e. The Morgan fingerprint density at radius 2 is 1.50 bits per heavy atom. The van der Waals surface area contributed by atoms with Crippen LogP contribution in [0.5, 0.6) is 0 Å². The first-order valence-electron chi connectivity index (χ1n) is 9.63. The molecule has 0 saturated carbocycles. The molecule has 8 nitrogen and oxygen atoms in total. The van der Waals surface area contributed by atoms with Crippen LogP contribution < -0.4 is 10.0 Å². The highest BCUT2D eigenvalue weighted by Gasteiger charge is 2.15. The number of hydrogen-bond acceptors (Lipinski definition) is 4. The molecule has 0 aliphatic heterocycles. The van der Waals surface area contributed by atoms with Gasteiger partial charge in [-0.15, -0.1) is 0 Å². The zero-order valence-electron chi connectivity index (χ0n) is 16.7. The van der Waals surface area contributed by atoms with Gasteiger partial charge >= 0.3 is 5.97 Å². The van der Waals surface area contributed by atoms with Gasteiger partial charge in [0.05, 0.1) is 4.90 Å². The molecule has 4 aromatic rings. The number of rotatable bonds is 7. The average molecular weight is 449 g/mol. The maximum absolute atomic E-state index is 12.5. The number of carboxylic acids is 1. The molecule has 1 aromatic heterocycles. The fourth-order valence-electron chi connectivity index (χ4n) is 3.21. The number of H-pyrrole nitrogens is 1. The first kappa shape index (κ1) is 21.3. The van der Waals surface area contributed by atoms with Crippen LogP contribution in [0.4, 0.5) is 5.69 Å². The summed E-state index contributed by atoms with van der Waals surface area (Å²) < 4.78 is 26.2. The van der Waals surface area contributed by atoms with Crippen molar-refractivity contribution in [3.8, 4) is 11.1 Å². The van der Waals surface area contributed by atoms with Crippen molar-refractivity contribution < 1.29 is 23.1 Å². The van der Waals surface area contributed by atoms with Crippen LogP contribution in [0.2, 0.25) is 0 Å². The third kappa shape index (κ3) is 4.69. The molecule has 0 atom stereocenters. The van der Waals surface area contributed by atoms with Crippen LogP contribution in [0.3, 0.4) is 0 Å². The lowest BCUT2D eigenvalue weighted by Gasteiger charge is -2.08. The summed E-state index contributed by atoms with van der Waals surface area (Å²) in [5, 5.41) is 12.4. The van der Waals surface area contributed by atoms with Crippen molar-refractivity contribution in [3.63, 3.8) is 0 Å². The third-order valence-corrected chi connectivity index (χ3v) is 6.25. The van der Waals surface area contributed by atoms with Gasteiger partial charge in [0, 0.05) is 16.6 Å². The molecule has 1 heterocycles. The van der Waals surface area contributed by atoms with E-state index in [1.807, 2.05) is 41.1 Å². The maximum atomic E-state index is 12.5. The van der Waals surface area contributed by atoms with E-state index in [0.29, 0.717) is 11.4 Å². The molecule has 1 amide bonds. The molecular weight excluding hydrogens is 430 g/mol.